The molecular formula is C12H16ClN3O2S. The molecule has 1 aliphatic carbocycles. The van der Waals surface area contributed by atoms with Crippen LogP contribution >= 0.6 is 23.4 Å². The molecule has 1 aromatic heterocycles. The monoisotopic (exact) mass is 301 g/mol. The zero-order valence-electron chi connectivity index (χ0n) is 10.6. The van der Waals surface area contributed by atoms with Crippen molar-refractivity contribution in [3.05, 3.63) is 27.4 Å². The van der Waals surface area contributed by atoms with Crippen molar-refractivity contribution in [2.75, 3.05) is 11.1 Å². The first-order chi connectivity index (χ1) is 9.10. The molecule has 0 saturated heterocycles. The number of thioether (sulfide) groups is 1. The van der Waals surface area contributed by atoms with E-state index in [1.165, 1.54) is 12.3 Å². The molecule has 104 valence electrons. The van der Waals surface area contributed by atoms with Crippen LogP contribution in [0.5, 0.6) is 0 Å². The minimum atomic E-state index is -0.450. The molecule has 2 unspecified atom stereocenters. The summed E-state index contributed by atoms with van der Waals surface area (Å²) in [5.41, 5.74) is -0.0564. The largest absolute Gasteiger partial charge is 0.362 e. The van der Waals surface area contributed by atoms with Crippen LogP contribution in [0, 0.1) is 10.1 Å². The number of hydrogen-bond donors (Lipinski definition) is 1. The molecular weight excluding hydrogens is 286 g/mol. The number of halogens is 1. The molecule has 2 rings (SSSR count). The van der Waals surface area contributed by atoms with Crippen molar-refractivity contribution in [1.82, 2.24) is 4.98 Å². The maximum absolute atomic E-state index is 11.0. The quantitative estimate of drug-likeness (QED) is 0.663. The Bertz CT molecular complexity index is 472. The summed E-state index contributed by atoms with van der Waals surface area (Å²) in [6, 6.07) is 1.60. The number of aromatic nitrogens is 1. The lowest BCUT2D eigenvalue weighted by Crippen LogP contribution is -2.17. The van der Waals surface area contributed by atoms with Crippen molar-refractivity contribution in [2.45, 2.75) is 37.5 Å². The van der Waals surface area contributed by atoms with E-state index in [4.69, 9.17) is 11.6 Å². The summed E-state index contributed by atoms with van der Waals surface area (Å²) in [4.78, 5) is 14.6. The van der Waals surface area contributed by atoms with Crippen molar-refractivity contribution >= 4 is 34.9 Å². The molecule has 0 bridgehead atoms. The zero-order valence-corrected chi connectivity index (χ0v) is 12.2. The molecule has 0 radical (unpaired) electrons. The zero-order chi connectivity index (χ0) is 13.8. The Morgan fingerprint density at radius 3 is 3.11 bits per heavy atom. The summed E-state index contributed by atoms with van der Waals surface area (Å²) in [6.45, 7) is 2.15. The van der Waals surface area contributed by atoms with Gasteiger partial charge >= 0.3 is 5.69 Å². The summed E-state index contributed by atoms with van der Waals surface area (Å²) in [5, 5.41) is 15.1. The fraction of sp³-hybridized carbons (Fsp3) is 0.583. The van der Waals surface area contributed by atoms with Gasteiger partial charge in [-0.1, -0.05) is 18.5 Å². The Labute approximate surface area is 121 Å². The van der Waals surface area contributed by atoms with E-state index in [2.05, 4.69) is 17.2 Å². The van der Waals surface area contributed by atoms with Gasteiger partial charge in [-0.05, 0) is 25.0 Å². The highest BCUT2D eigenvalue weighted by Gasteiger charge is 2.27. The summed E-state index contributed by atoms with van der Waals surface area (Å²) in [6.07, 6.45) is 4.64. The number of nitro groups is 1. The third-order valence-corrected chi connectivity index (χ3v) is 4.60. The number of anilines is 1. The van der Waals surface area contributed by atoms with E-state index in [0.29, 0.717) is 11.1 Å². The van der Waals surface area contributed by atoms with Crippen LogP contribution in [0.4, 0.5) is 11.5 Å². The fourth-order valence-corrected chi connectivity index (χ4v) is 3.63. The smallest absolute Gasteiger partial charge is 0.312 e. The third kappa shape index (κ3) is 3.73. The van der Waals surface area contributed by atoms with Gasteiger partial charge < -0.3 is 5.32 Å². The summed E-state index contributed by atoms with van der Waals surface area (Å²) in [5.74, 6) is 1.43. The van der Waals surface area contributed by atoms with Gasteiger partial charge in [0, 0.05) is 23.6 Å². The predicted molar refractivity (Wildman–Crippen MR) is 79.1 cm³/mol. The number of nitrogens with one attached hydrogen (secondary N) is 1. The SMILES string of the molecule is CCSC1CCC(Nc2ncc(Cl)cc2[N+](=O)[O-])C1. The average Bonchev–Trinajstić information content (AvgIpc) is 2.79. The molecule has 0 aromatic carbocycles. The molecule has 1 fully saturated rings. The van der Waals surface area contributed by atoms with Gasteiger partial charge in [-0.25, -0.2) is 4.98 Å². The van der Waals surface area contributed by atoms with Crippen LogP contribution in [0.1, 0.15) is 26.2 Å². The van der Waals surface area contributed by atoms with Gasteiger partial charge in [0.25, 0.3) is 0 Å². The predicted octanol–water partition coefficient (Wildman–Crippen LogP) is 3.73. The molecule has 0 spiro atoms. The summed E-state index contributed by atoms with van der Waals surface area (Å²) in [7, 11) is 0. The lowest BCUT2D eigenvalue weighted by Gasteiger charge is -2.13. The van der Waals surface area contributed by atoms with Gasteiger partial charge in [-0.2, -0.15) is 11.8 Å². The van der Waals surface area contributed by atoms with E-state index >= 15 is 0 Å². The first-order valence-corrected chi connectivity index (χ1v) is 7.71. The topological polar surface area (TPSA) is 68.1 Å². The molecule has 0 amide bonds. The lowest BCUT2D eigenvalue weighted by molar-refractivity contribution is -0.384. The Balaban J connectivity index is 2.05. The fourth-order valence-electron chi connectivity index (χ4n) is 2.33. The maximum Gasteiger partial charge on any atom is 0.312 e. The highest BCUT2D eigenvalue weighted by atomic mass is 35.5. The van der Waals surface area contributed by atoms with E-state index in [1.807, 2.05) is 11.8 Å². The van der Waals surface area contributed by atoms with Crippen LogP contribution in [-0.2, 0) is 0 Å². The first-order valence-electron chi connectivity index (χ1n) is 6.28. The molecule has 1 N–H and O–H groups in total. The molecule has 19 heavy (non-hydrogen) atoms. The van der Waals surface area contributed by atoms with Gasteiger partial charge in [-0.3, -0.25) is 10.1 Å². The summed E-state index contributed by atoms with van der Waals surface area (Å²) < 4.78 is 0. The Morgan fingerprint density at radius 1 is 1.63 bits per heavy atom. The Kier molecular flexibility index (Phi) is 4.87. The lowest BCUT2D eigenvalue weighted by atomic mass is 10.2. The number of hydrogen-bond acceptors (Lipinski definition) is 5. The number of pyridine rings is 1. The van der Waals surface area contributed by atoms with Crippen molar-refractivity contribution in [3.63, 3.8) is 0 Å². The van der Waals surface area contributed by atoms with Crippen LogP contribution in [0.3, 0.4) is 0 Å². The number of nitrogens with zero attached hydrogens (tertiary/aromatic N) is 2. The third-order valence-electron chi connectivity index (χ3n) is 3.16. The molecule has 1 aliphatic rings. The van der Waals surface area contributed by atoms with Crippen LogP contribution in [0.15, 0.2) is 12.3 Å². The second-order valence-electron chi connectivity index (χ2n) is 4.51. The van der Waals surface area contributed by atoms with Crippen molar-refractivity contribution in [2.24, 2.45) is 0 Å². The van der Waals surface area contributed by atoms with E-state index in [-0.39, 0.29) is 16.8 Å². The van der Waals surface area contributed by atoms with Crippen LogP contribution in [0.2, 0.25) is 5.02 Å². The second-order valence-corrected chi connectivity index (χ2v) is 6.52. The normalized spacial score (nSPS) is 22.4. The molecule has 1 saturated carbocycles. The van der Waals surface area contributed by atoms with Crippen molar-refractivity contribution < 1.29 is 4.92 Å². The van der Waals surface area contributed by atoms with Gasteiger partial charge in [0.1, 0.15) is 0 Å². The Morgan fingerprint density at radius 2 is 2.42 bits per heavy atom. The minimum Gasteiger partial charge on any atom is -0.362 e. The Hall–Kier alpha value is -1.01. The van der Waals surface area contributed by atoms with E-state index in [9.17, 15) is 10.1 Å². The molecule has 0 aliphatic heterocycles. The minimum absolute atomic E-state index is 0.0564. The van der Waals surface area contributed by atoms with E-state index in [1.54, 1.807) is 0 Å². The average molecular weight is 302 g/mol. The van der Waals surface area contributed by atoms with Crippen LogP contribution in [-0.4, -0.2) is 27.0 Å². The van der Waals surface area contributed by atoms with Gasteiger partial charge in [-0.15, -0.1) is 0 Å². The van der Waals surface area contributed by atoms with Gasteiger partial charge in [0.05, 0.1) is 9.95 Å². The highest BCUT2D eigenvalue weighted by molar-refractivity contribution is 7.99. The van der Waals surface area contributed by atoms with E-state index in [0.717, 1.165) is 25.0 Å². The molecule has 2 atom stereocenters. The van der Waals surface area contributed by atoms with Crippen LogP contribution in [0.25, 0.3) is 0 Å². The molecule has 1 heterocycles. The number of rotatable bonds is 5. The highest BCUT2D eigenvalue weighted by Crippen LogP contribution is 2.33. The molecule has 5 nitrogen and oxygen atoms in total. The van der Waals surface area contributed by atoms with Gasteiger partial charge in [0.2, 0.25) is 5.82 Å². The molecule has 1 aromatic rings. The van der Waals surface area contributed by atoms with Crippen molar-refractivity contribution in [3.8, 4) is 0 Å². The first kappa shape index (κ1) is 14.4. The van der Waals surface area contributed by atoms with Crippen LogP contribution < -0.4 is 5.32 Å². The standard InChI is InChI=1S/C12H16ClN3O2S/c1-2-19-10-4-3-9(6-10)15-12-11(16(17)18)5-8(13)7-14-12/h5,7,9-10H,2-4,6H2,1H3,(H,14,15). The second kappa shape index (κ2) is 6.43. The maximum atomic E-state index is 11.0. The van der Waals surface area contributed by atoms with Crippen molar-refractivity contribution in [1.29, 1.82) is 0 Å². The molecule has 7 heteroatoms. The van der Waals surface area contributed by atoms with E-state index < -0.39 is 4.92 Å². The summed E-state index contributed by atoms with van der Waals surface area (Å²) >= 11 is 7.69. The van der Waals surface area contributed by atoms with Gasteiger partial charge in [0.15, 0.2) is 0 Å².